The van der Waals surface area contributed by atoms with E-state index >= 15 is 0 Å². The summed E-state index contributed by atoms with van der Waals surface area (Å²) in [4.78, 5) is 0. The topological polar surface area (TPSA) is 73.0 Å². The van der Waals surface area contributed by atoms with E-state index in [2.05, 4.69) is 16.4 Å². The summed E-state index contributed by atoms with van der Waals surface area (Å²) in [7, 11) is 0. The number of nitrogens with zero attached hydrogens (tertiary/aromatic N) is 4. The normalized spacial score (nSPS) is 15.5. The van der Waals surface area contributed by atoms with Gasteiger partial charge in [0.15, 0.2) is 0 Å². The van der Waals surface area contributed by atoms with Crippen molar-refractivity contribution in [2.45, 2.75) is 12.8 Å². The van der Waals surface area contributed by atoms with Crippen LogP contribution in [0.2, 0.25) is 0 Å². The van der Waals surface area contributed by atoms with Crippen LogP contribution in [0, 0.1) is 11.3 Å². The average Bonchev–Trinajstić information content (AvgIpc) is 3.10. The van der Waals surface area contributed by atoms with E-state index in [1.807, 2.05) is 18.3 Å². The monoisotopic (exact) mass is 256 g/mol. The quantitative estimate of drug-likeness (QED) is 0.826. The predicted octanol–water partition coefficient (Wildman–Crippen LogP) is 1.24. The smallest absolute Gasteiger partial charge is 0.204 e. The summed E-state index contributed by atoms with van der Waals surface area (Å²) in [5.41, 5.74) is 2.39. The second kappa shape index (κ2) is 5.18. The highest BCUT2D eigenvalue weighted by molar-refractivity contribution is 5.31. The molecule has 1 aromatic carbocycles. The Balaban J connectivity index is 1.70. The van der Waals surface area contributed by atoms with Gasteiger partial charge in [0, 0.05) is 0 Å². The van der Waals surface area contributed by atoms with Gasteiger partial charge in [-0.05, 0) is 17.7 Å². The summed E-state index contributed by atoms with van der Waals surface area (Å²) in [6.45, 7) is 1.78. The van der Waals surface area contributed by atoms with E-state index in [-0.39, 0.29) is 0 Å². The zero-order valence-electron chi connectivity index (χ0n) is 10.2. The molecule has 0 N–H and O–H groups in total. The molecule has 1 aliphatic rings. The SMILES string of the molecule is N#Cc1ccc(Cn2cc(C3OCCO3)nn2)cc1. The first-order valence-electron chi connectivity index (χ1n) is 5.97. The van der Waals surface area contributed by atoms with Gasteiger partial charge in [-0.1, -0.05) is 17.3 Å². The molecule has 1 saturated heterocycles. The molecule has 1 aliphatic heterocycles. The minimum atomic E-state index is -0.394. The Bertz CT molecular complexity index is 594. The van der Waals surface area contributed by atoms with Crippen LogP contribution in [0.5, 0.6) is 0 Å². The highest BCUT2D eigenvalue weighted by Gasteiger charge is 2.21. The molecule has 0 unspecified atom stereocenters. The fourth-order valence-electron chi connectivity index (χ4n) is 1.90. The lowest BCUT2D eigenvalue weighted by atomic mass is 10.1. The van der Waals surface area contributed by atoms with Crippen LogP contribution in [0.3, 0.4) is 0 Å². The molecule has 19 heavy (non-hydrogen) atoms. The lowest BCUT2D eigenvalue weighted by Gasteiger charge is -2.03. The van der Waals surface area contributed by atoms with Crippen molar-refractivity contribution in [2.24, 2.45) is 0 Å². The third kappa shape index (κ3) is 2.62. The van der Waals surface area contributed by atoms with Crippen molar-refractivity contribution in [3.05, 3.63) is 47.3 Å². The van der Waals surface area contributed by atoms with E-state index in [0.717, 1.165) is 5.56 Å². The van der Waals surface area contributed by atoms with E-state index in [0.29, 0.717) is 31.0 Å². The van der Waals surface area contributed by atoms with Gasteiger partial charge in [-0.15, -0.1) is 5.10 Å². The standard InChI is InChI=1S/C13H12N4O2/c14-7-10-1-3-11(4-2-10)8-17-9-12(15-16-17)13-18-5-6-19-13/h1-4,9,13H,5-6,8H2. The van der Waals surface area contributed by atoms with Crippen molar-refractivity contribution >= 4 is 0 Å². The average molecular weight is 256 g/mol. The molecule has 1 fully saturated rings. The number of aromatic nitrogens is 3. The first-order chi connectivity index (χ1) is 9.35. The van der Waals surface area contributed by atoms with Gasteiger partial charge in [-0.25, -0.2) is 4.68 Å². The van der Waals surface area contributed by atoms with Crippen LogP contribution in [0.4, 0.5) is 0 Å². The van der Waals surface area contributed by atoms with Crippen LogP contribution in [-0.4, -0.2) is 28.2 Å². The summed E-state index contributed by atoms with van der Waals surface area (Å²) in [5.74, 6) is 0. The second-order valence-electron chi connectivity index (χ2n) is 4.22. The predicted molar refractivity (Wildman–Crippen MR) is 64.9 cm³/mol. The molecule has 0 amide bonds. The largest absolute Gasteiger partial charge is 0.345 e. The molecule has 6 nitrogen and oxygen atoms in total. The first-order valence-corrected chi connectivity index (χ1v) is 5.97. The third-order valence-electron chi connectivity index (χ3n) is 2.85. The van der Waals surface area contributed by atoms with E-state index in [9.17, 15) is 0 Å². The Kier molecular flexibility index (Phi) is 3.23. The molecule has 0 atom stereocenters. The molecule has 96 valence electrons. The van der Waals surface area contributed by atoms with Crippen molar-refractivity contribution < 1.29 is 9.47 Å². The summed E-state index contributed by atoms with van der Waals surface area (Å²) in [5, 5.41) is 16.8. The number of ether oxygens (including phenoxy) is 2. The van der Waals surface area contributed by atoms with Crippen LogP contribution >= 0.6 is 0 Å². The summed E-state index contributed by atoms with van der Waals surface area (Å²) in [6, 6.07) is 9.48. The van der Waals surface area contributed by atoms with E-state index < -0.39 is 6.29 Å². The van der Waals surface area contributed by atoms with Crippen LogP contribution in [-0.2, 0) is 16.0 Å². The molecule has 3 rings (SSSR count). The van der Waals surface area contributed by atoms with Gasteiger partial charge in [0.2, 0.25) is 6.29 Å². The maximum atomic E-state index is 8.74. The molecular formula is C13H12N4O2. The zero-order valence-corrected chi connectivity index (χ0v) is 10.2. The molecule has 2 aromatic rings. The maximum Gasteiger partial charge on any atom is 0.204 e. The highest BCUT2D eigenvalue weighted by Crippen LogP contribution is 2.20. The lowest BCUT2D eigenvalue weighted by Crippen LogP contribution is -2.00. The van der Waals surface area contributed by atoms with Crippen LogP contribution in [0.25, 0.3) is 0 Å². The number of rotatable bonds is 3. The van der Waals surface area contributed by atoms with Gasteiger partial charge in [-0.3, -0.25) is 0 Å². The number of hydrogen-bond donors (Lipinski definition) is 0. The fourth-order valence-corrected chi connectivity index (χ4v) is 1.90. The minimum absolute atomic E-state index is 0.394. The maximum absolute atomic E-state index is 8.74. The van der Waals surface area contributed by atoms with Gasteiger partial charge in [0.1, 0.15) is 5.69 Å². The Morgan fingerprint density at radius 1 is 1.26 bits per heavy atom. The molecule has 0 aliphatic carbocycles. The summed E-state index contributed by atoms with van der Waals surface area (Å²) < 4.78 is 12.4. The number of nitriles is 1. The van der Waals surface area contributed by atoms with E-state index in [4.69, 9.17) is 14.7 Å². The molecule has 0 saturated carbocycles. The third-order valence-corrected chi connectivity index (χ3v) is 2.85. The zero-order chi connectivity index (χ0) is 13.1. The molecule has 0 spiro atoms. The molecule has 0 bridgehead atoms. The van der Waals surface area contributed by atoms with Crippen molar-refractivity contribution in [3.8, 4) is 6.07 Å². The van der Waals surface area contributed by atoms with Gasteiger partial charge in [0.05, 0.1) is 37.6 Å². The summed E-state index contributed by atoms with van der Waals surface area (Å²) in [6.07, 6.45) is 1.42. The van der Waals surface area contributed by atoms with Crippen molar-refractivity contribution in [2.75, 3.05) is 13.2 Å². The first kappa shape index (κ1) is 11.8. The van der Waals surface area contributed by atoms with Crippen molar-refractivity contribution in [1.29, 1.82) is 5.26 Å². The second-order valence-corrected chi connectivity index (χ2v) is 4.22. The Hall–Kier alpha value is -2.23. The molecule has 0 radical (unpaired) electrons. The summed E-state index contributed by atoms with van der Waals surface area (Å²) >= 11 is 0. The minimum Gasteiger partial charge on any atom is -0.345 e. The Labute approximate surface area is 110 Å². The van der Waals surface area contributed by atoms with Crippen LogP contribution in [0.15, 0.2) is 30.5 Å². The number of benzene rings is 1. The lowest BCUT2D eigenvalue weighted by molar-refractivity contribution is -0.0473. The van der Waals surface area contributed by atoms with Gasteiger partial charge in [0.25, 0.3) is 0 Å². The van der Waals surface area contributed by atoms with E-state index in [1.54, 1.807) is 16.8 Å². The molecule has 2 heterocycles. The van der Waals surface area contributed by atoms with Gasteiger partial charge < -0.3 is 9.47 Å². The Morgan fingerprint density at radius 2 is 2.00 bits per heavy atom. The Morgan fingerprint density at radius 3 is 2.68 bits per heavy atom. The fraction of sp³-hybridized carbons (Fsp3) is 0.308. The highest BCUT2D eigenvalue weighted by atomic mass is 16.7. The molecular weight excluding hydrogens is 244 g/mol. The molecule has 1 aromatic heterocycles. The van der Waals surface area contributed by atoms with Gasteiger partial charge >= 0.3 is 0 Å². The van der Waals surface area contributed by atoms with Gasteiger partial charge in [-0.2, -0.15) is 5.26 Å². The van der Waals surface area contributed by atoms with Crippen LogP contribution < -0.4 is 0 Å². The van der Waals surface area contributed by atoms with Crippen molar-refractivity contribution in [1.82, 2.24) is 15.0 Å². The van der Waals surface area contributed by atoms with Crippen LogP contribution in [0.1, 0.15) is 23.1 Å². The molecule has 6 heteroatoms. The van der Waals surface area contributed by atoms with Crippen molar-refractivity contribution in [3.63, 3.8) is 0 Å². The van der Waals surface area contributed by atoms with E-state index in [1.165, 1.54) is 0 Å². The number of hydrogen-bond acceptors (Lipinski definition) is 5.